The van der Waals surface area contributed by atoms with Crippen molar-refractivity contribution in [2.24, 2.45) is 0 Å². The van der Waals surface area contributed by atoms with Crippen LogP contribution in [-0.2, 0) is 21.4 Å². The van der Waals surface area contributed by atoms with Gasteiger partial charge in [0.15, 0.2) is 0 Å². The van der Waals surface area contributed by atoms with Gasteiger partial charge in [-0.3, -0.25) is 9.59 Å². The Balaban J connectivity index is 1.88. The van der Waals surface area contributed by atoms with Gasteiger partial charge in [-0.2, -0.15) is 0 Å². The third kappa shape index (κ3) is 4.73. The molecular formula is C30H37NO4. The summed E-state index contributed by atoms with van der Waals surface area (Å²) in [5, 5.41) is 11.6. The van der Waals surface area contributed by atoms with Crippen molar-refractivity contribution in [3.05, 3.63) is 70.3 Å². The molecular weight excluding hydrogens is 438 g/mol. The van der Waals surface area contributed by atoms with Crippen LogP contribution < -0.4 is 4.74 Å². The van der Waals surface area contributed by atoms with Crippen molar-refractivity contribution in [1.29, 1.82) is 0 Å². The molecule has 1 saturated heterocycles. The van der Waals surface area contributed by atoms with Crippen molar-refractivity contribution in [3.63, 3.8) is 0 Å². The largest absolute Gasteiger partial charge is 0.507 e. The molecule has 35 heavy (non-hydrogen) atoms. The van der Waals surface area contributed by atoms with Gasteiger partial charge in [-0.05, 0) is 60.9 Å². The summed E-state index contributed by atoms with van der Waals surface area (Å²) in [6.07, 6.45) is 4.76. The SMILES string of the molecule is CCOc1ccc(/C(O)=C2/C(=O)C(=O)N(C3CCCC3)C2c2ccc(CC)cc2)cc1C(C)(C)C. The molecule has 1 unspecified atom stereocenters. The minimum absolute atomic E-state index is 0.0121. The molecule has 4 rings (SSSR count). The van der Waals surface area contributed by atoms with Crippen molar-refractivity contribution in [2.45, 2.75) is 84.2 Å². The smallest absolute Gasteiger partial charge is 0.295 e. The molecule has 5 nitrogen and oxygen atoms in total. The van der Waals surface area contributed by atoms with E-state index in [1.807, 2.05) is 43.3 Å². The summed E-state index contributed by atoms with van der Waals surface area (Å²) in [7, 11) is 0. The predicted octanol–water partition coefficient (Wildman–Crippen LogP) is 6.31. The van der Waals surface area contributed by atoms with Gasteiger partial charge >= 0.3 is 0 Å². The zero-order chi connectivity index (χ0) is 25.3. The first-order valence-electron chi connectivity index (χ1n) is 12.8. The molecule has 0 bridgehead atoms. The molecule has 0 aromatic heterocycles. The number of ketones is 1. The fourth-order valence-corrected chi connectivity index (χ4v) is 5.37. The second-order valence-electron chi connectivity index (χ2n) is 10.6. The van der Waals surface area contributed by atoms with Crippen LogP contribution in [0.4, 0.5) is 0 Å². The minimum atomic E-state index is -0.606. The molecule has 186 valence electrons. The highest BCUT2D eigenvalue weighted by Gasteiger charge is 2.49. The Hall–Kier alpha value is -3.08. The molecule has 2 fully saturated rings. The van der Waals surface area contributed by atoms with E-state index in [9.17, 15) is 14.7 Å². The quantitative estimate of drug-likeness (QED) is 0.302. The number of likely N-dealkylation sites (tertiary alicyclic amines) is 1. The van der Waals surface area contributed by atoms with Crippen LogP contribution in [-0.4, -0.2) is 34.3 Å². The van der Waals surface area contributed by atoms with Gasteiger partial charge in [0.2, 0.25) is 0 Å². The van der Waals surface area contributed by atoms with Gasteiger partial charge in [-0.15, -0.1) is 0 Å². The van der Waals surface area contributed by atoms with E-state index in [-0.39, 0.29) is 22.8 Å². The summed E-state index contributed by atoms with van der Waals surface area (Å²) >= 11 is 0. The first kappa shape index (κ1) is 25.0. The lowest BCUT2D eigenvalue weighted by Gasteiger charge is -2.31. The van der Waals surface area contributed by atoms with Gasteiger partial charge in [0, 0.05) is 17.2 Å². The topological polar surface area (TPSA) is 66.8 Å². The Morgan fingerprint density at radius 2 is 1.69 bits per heavy atom. The number of aliphatic hydroxyl groups excluding tert-OH is 1. The fourth-order valence-electron chi connectivity index (χ4n) is 5.37. The third-order valence-electron chi connectivity index (χ3n) is 7.26. The van der Waals surface area contributed by atoms with Gasteiger partial charge < -0.3 is 14.7 Å². The van der Waals surface area contributed by atoms with E-state index < -0.39 is 17.7 Å². The van der Waals surface area contributed by atoms with Gasteiger partial charge in [0.05, 0.1) is 18.2 Å². The Morgan fingerprint density at radius 3 is 2.26 bits per heavy atom. The van der Waals surface area contributed by atoms with Crippen LogP contribution in [0.5, 0.6) is 5.75 Å². The van der Waals surface area contributed by atoms with Crippen LogP contribution in [0.2, 0.25) is 0 Å². The summed E-state index contributed by atoms with van der Waals surface area (Å²) in [6.45, 7) is 10.8. The Morgan fingerprint density at radius 1 is 1.03 bits per heavy atom. The molecule has 0 spiro atoms. The van der Waals surface area contributed by atoms with Crippen molar-refractivity contribution in [1.82, 2.24) is 4.90 Å². The summed E-state index contributed by atoms with van der Waals surface area (Å²) in [6, 6.07) is 13.0. The Bertz CT molecular complexity index is 1130. The van der Waals surface area contributed by atoms with E-state index in [1.54, 1.807) is 11.0 Å². The number of rotatable bonds is 6. The van der Waals surface area contributed by atoms with Gasteiger partial charge in [0.1, 0.15) is 11.5 Å². The summed E-state index contributed by atoms with van der Waals surface area (Å²) in [5.41, 5.74) is 3.46. The van der Waals surface area contributed by atoms with Crippen LogP contribution in [0.15, 0.2) is 48.0 Å². The molecule has 1 aliphatic carbocycles. The van der Waals surface area contributed by atoms with E-state index in [0.29, 0.717) is 12.2 Å². The van der Waals surface area contributed by atoms with E-state index in [1.165, 1.54) is 5.56 Å². The lowest BCUT2D eigenvalue weighted by molar-refractivity contribution is -0.141. The molecule has 1 aliphatic heterocycles. The number of benzene rings is 2. The second-order valence-corrected chi connectivity index (χ2v) is 10.6. The number of carbonyl (C=O) groups is 2. The average Bonchev–Trinajstić information content (AvgIpc) is 3.45. The number of ether oxygens (including phenoxy) is 1. The van der Waals surface area contributed by atoms with Gasteiger partial charge in [-0.1, -0.05) is 64.8 Å². The summed E-state index contributed by atoms with van der Waals surface area (Å²) < 4.78 is 5.83. The van der Waals surface area contributed by atoms with Crippen molar-refractivity contribution in [3.8, 4) is 5.75 Å². The highest BCUT2D eigenvalue weighted by molar-refractivity contribution is 6.46. The van der Waals surface area contributed by atoms with Gasteiger partial charge in [0.25, 0.3) is 11.7 Å². The number of carbonyl (C=O) groups excluding carboxylic acids is 2. The van der Waals surface area contributed by atoms with E-state index in [4.69, 9.17) is 4.74 Å². The number of Topliss-reactive ketones (excluding diaryl/α,β-unsaturated/α-hetero) is 1. The van der Waals surface area contributed by atoms with Crippen LogP contribution in [0, 0.1) is 0 Å². The highest BCUT2D eigenvalue weighted by Crippen LogP contribution is 2.44. The normalized spacial score (nSPS) is 20.6. The molecule has 0 radical (unpaired) electrons. The molecule has 1 N–H and O–H groups in total. The standard InChI is InChI=1S/C30H37NO4/c1-6-19-12-14-20(15-13-19)26-25(28(33)29(34)31(26)22-10-8-9-11-22)27(32)21-16-17-24(35-7-2)23(18-21)30(3,4)5/h12-18,22,26,32H,6-11H2,1-5H3/b27-25-. The van der Waals surface area contributed by atoms with Crippen molar-refractivity contribution in [2.75, 3.05) is 6.61 Å². The van der Waals surface area contributed by atoms with Crippen LogP contribution in [0.3, 0.4) is 0 Å². The van der Waals surface area contributed by atoms with Crippen molar-refractivity contribution < 1.29 is 19.4 Å². The summed E-state index contributed by atoms with van der Waals surface area (Å²) in [5.74, 6) is -0.480. The van der Waals surface area contributed by atoms with Gasteiger partial charge in [-0.25, -0.2) is 0 Å². The summed E-state index contributed by atoms with van der Waals surface area (Å²) in [4.78, 5) is 28.5. The maximum atomic E-state index is 13.4. The maximum absolute atomic E-state index is 13.4. The zero-order valence-electron chi connectivity index (χ0n) is 21.6. The van der Waals surface area contributed by atoms with Crippen LogP contribution in [0.25, 0.3) is 5.76 Å². The first-order valence-corrected chi connectivity index (χ1v) is 12.8. The fraction of sp³-hybridized carbons (Fsp3) is 0.467. The second kappa shape index (κ2) is 9.88. The number of amides is 1. The number of hydrogen-bond donors (Lipinski definition) is 1. The molecule has 1 amide bonds. The van der Waals surface area contributed by atoms with Crippen LogP contribution in [0.1, 0.15) is 88.6 Å². The average molecular weight is 476 g/mol. The molecule has 2 aliphatic rings. The molecule has 2 aromatic carbocycles. The number of nitrogens with zero attached hydrogens (tertiary/aromatic N) is 1. The predicted molar refractivity (Wildman–Crippen MR) is 139 cm³/mol. The Kier molecular flexibility index (Phi) is 7.07. The van der Waals surface area contributed by atoms with E-state index in [0.717, 1.165) is 49.0 Å². The molecule has 5 heteroatoms. The number of hydrogen-bond acceptors (Lipinski definition) is 4. The number of aliphatic hydroxyl groups is 1. The van der Waals surface area contributed by atoms with E-state index in [2.05, 4.69) is 27.7 Å². The minimum Gasteiger partial charge on any atom is -0.507 e. The van der Waals surface area contributed by atoms with Crippen molar-refractivity contribution >= 4 is 17.4 Å². The highest BCUT2D eigenvalue weighted by atomic mass is 16.5. The first-order chi connectivity index (χ1) is 16.7. The number of aryl methyl sites for hydroxylation is 1. The van der Waals surface area contributed by atoms with E-state index >= 15 is 0 Å². The lowest BCUT2D eigenvalue weighted by Crippen LogP contribution is -2.37. The monoisotopic (exact) mass is 475 g/mol. The maximum Gasteiger partial charge on any atom is 0.295 e. The zero-order valence-corrected chi connectivity index (χ0v) is 21.6. The lowest BCUT2D eigenvalue weighted by atomic mass is 9.84. The molecule has 1 heterocycles. The Labute approximate surface area is 208 Å². The molecule has 1 atom stereocenters. The van der Waals surface area contributed by atoms with Crippen LogP contribution >= 0.6 is 0 Å². The molecule has 2 aromatic rings. The third-order valence-corrected chi connectivity index (χ3v) is 7.26. The molecule has 1 saturated carbocycles.